The van der Waals surface area contributed by atoms with Crippen molar-refractivity contribution in [3.05, 3.63) is 96.4 Å². The predicted octanol–water partition coefficient (Wildman–Crippen LogP) is 7.04. The van der Waals surface area contributed by atoms with Gasteiger partial charge in [-0.05, 0) is 77.7 Å². The zero-order valence-electron chi connectivity index (χ0n) is 20.4. The number of hydrogen-bond acceptors (Lipinski definition) is 5. The van der Waals surface area contributed by atoms with Crippen molar-refractivity contribution in [3.63, 3.8) is 0 Å². The third-order valence-corrected chi connectivity index (χ3v) is 6.55. The van der Waals surface area contributed by atoms with Crippen LogP contribution in [0.5, 0.6) is 11.5 Å². The molecule has 0 saturated carbocycles. The summed E-state index contributed by atoms with van der Waals surface area (Å²) in [5.41, 5.74) is 3.47. The van der Waals surface area contributed by atoms with Gasteiger partial charge in [-0.3, -0.25) is 4.79 Å². The lowest BCUT2D eigenvalue weighted by Crippen LogP contribution is -2.22. The number of halogens is 2. The third-order valence-electron chi connectivity index (χ3n) is 5.47. The molecule has 0 unspecified atom stereocenters. The maximum absolute atomic E-state index is 13.3. The van der Waals surface area contributed by atoms with Gasteiger partial charge in [0.25, 0.3) is 5.56 Å². The second kappa shape index (κ2) is 11.8. The predicted molar refractivity (Wildman–Crippen MR) is 152 cm³/mol. The minimum Gasteiger partial charge on any atom is -0.490 e. The number of hydrogen-bond donors (Lipinski definition) is 0. The zero-order valence-corrected chi connectivity index (χ0v) is 23.6. The van der Waals surface area contributed by atoms with Crippen molar-refractivity contribution in [2.45, 2.75) is 40.2 Å². The van der Waals surface area contributed by atoms with Crippen LogP contribution in [0.15, 0.2) is 73.4 Å². The lowest BCUT2D eigenvalue weighted by Gasteiger charge is -2.15. The summed E-state index contributed by atoms with van der Waals surface area (Å²) in [5, 5.41) is 5.05. The summed E-state index contributed by atoms with van der Waals surface area (Å²) in [7, 11) is 0. The molecule has 0 amide bonds. The van der Waals surface area contributed by atoms with Gasteiger partial charge in [0, 0.05) is 10.9 Å². The van der Waals surface area contributed by atoms with E-state index in [2.05, 4.69) is 56.0 Å². The summed E-state index contributed by atoms with van der Waals surface area (Å²) in [6.45, 7) is 6.93. The molecule has 1 aromatic heterocycles. The number of ether oxygens (including phenoxy) is 2. The summed E-state index contributed by atoms with van der Waals surface area (Å²) in [4.78, 5) is 18.0. The van der Waals surface area contributed by atoms with Crippen LogP contribution in [0.4, 0.5) is 0 Å². The summed E-state index contributed by atoms with van der Waals surface area (Å²) < 4.78 is 14.9. The van der Waals surface area contributed by atoms with E-state index in [1.807, 2.05) is 50.2 Å². The van der Waals surface area contributed by atoms with Crippen molar-refractivity contribution in [2.24, 2.45) is 5.10 Å². The SMILES string of the molecule is CCCc1nc2ccc(Br)cc2c(=O)n1N=Cc1cc(Br)c(OCc2cccc(C)c2)c(OCC)c1. The molecule has 0 fully saturated rings. The zero-order chi connectivity index (χ0) is 25.7. The van der Waals surface area contributed by atoms with Crippen molar-refractivity contribution in [3.8, 4) is 11.5 Å². The fourth-order valence-corrected chi connectivity index (χ4v) is 4.78. The molecule has 0 aliphatic carbocycles. The monoisotopic (exact) mass is 611 g/mol. The fraction of sp³-hybridized carbons (Fsp3) is 0.250. The van der Waals surface area contributed by atoms with Crippen molar-refractivity contribution in [1.82, 2.24) is 9.66 Å². The molecule has 3 aromatic carbocycles. The Morgan fingerprint density at radius 3 is 2.64 bits per heavy atom. The molecule has 0 spiro atoms. The topological polar surface area (TPSA) is 65.7 Å². The lowest BCUT2D eigenvalue weighted by molar-refractivity contribution is 0.267. The molecule has 186 valence electrons. The number of aromatic nitrogens is 2. The molecule has 6 nitrogen and oxygen atoms in total. The van der Waals surface area contributed by atoms with Gasteiger partial charge in [-0.2, -0.15) is 9.78 Å². The smallest absolute Gasteiger partial charge is 0.282 e. The van der Waals surface area contributed by atoms with E-state index in [1.165, 1.54) is 10.2 Å². The minimum absolute atomic E-state index is 0.205. The molecule has 0 bridgehead atoms. The number of rotatable bonds is 9. The maximum atomic E-state index is 13.3. The van der Waals surface area contributed by atoms with Crippen LogP contribution in [-0.2, 0) is 13.0 Å². The molecule has 0 saturated heterocycles. The van der Waals surface area contributed by atoms with E-state index >= 15 is 0 Å². The van der Waals surface area contributed by atoms with Crippen LogP contribution in [0.3, 0.4) is 0 Å². The van der Waals surface area contributed by atoms with E-state index in [-0.39, 0.29) is 5.56 Å². The number of aryl methyl sites for hydroxylation is 2. The van der Waals surface area contributed by atoms with Crippen LogP contribution in [-0.4, -0.2) is 22.5 Å². The normalized spacial score (nSPS) is 11.4. The van der Waals surface area contributed by atoms with E-state index in [4.69, 9.17) is 14.5 Å². The van der Waals surface area contributed by atoms with Crippen LogP contribution in [0.1, 0.15) is 42.8 Å². The summed E-state index contributed by atoms with van der Waals surface area (Å²) in [6.07, 6.45) is 3.12. The van der Waals surface area contributed by atoms with Crippen LogP contribution in [0.25, 0.3) is 10.9 Å². The van der Waals surface area contributed by atoms with Gasteiger partial charge in [0.05, 0.1) is 28.2 Å². The molecule has 1 heterocycles. The van der Waals surface area contributed by atoms with Crippen molar-refractivity contribution in [2.75, 3.05) is 6.61 Å². The summed E-state index contributed by atoms with van der Waals surface area (Å²) >= 11 is 7.06. The Labute approximate surface area is 227 Å². The van der Waals surface area contributed by atoms with E-state index < -0.39 is 0 Å². The third kappa shape index (κ3) is 6.05. The quantitative estimate of drug-likeness (QED) is 0.190. The summed E-state index contributed by atoms with van der Waals surface area (Å²) in [5.74, 6) is 1.84. The number of fused-ring (bicyclic) bond motifs is 1. The molecule has 0 N–H and O–H groups in total. The molecular weight excluding hydrogens is 586 g/mol. The van der Waals surface area contributed by atoms with Gasteiger partial charge >= 0.3 is 0 Å². The van der Waals surface area contributed by atoms with Crippen LogP contribution < -0.4 is 15.0 Å². The van der Waals surface area contributed by atoms with Crippen molar-refractivity contribution >= 4 is 49.0 Å². The molecule has 0 atom stereocenters. The van der Waals surface area contributed by atoms with E-state index in [1.54, 1.807) is 12.3 Å². The Hall–Kier alpha value is -2.97. The molecule has 4 rings (SSSR count). The molecule has 8 heteroatoms. The second-order valence-corrected chi connectivity index (χ2v) is 10.1. The first-order valence-electron chi connectivity index (χ1n) is 11.8. The average molecular weight is 613 g/mol. The van der Waals surface area contributed by atoms with Crippen LogP contribution in [0, 0.1) is 6.92 Å². The Morgan fingerprint density at radius 2 is 1.89 bits per heavy atom. The highest BCUT2D eigenvalue weighted by molar-refractivity contribution is 9.10. The first kappa shape index (κ1) is 26.1. The van der Waals surface area contributed by atoms with Gasteiger partial charge in [-0.15, -0.1) is 0 Å². The van der Waals surface area contributed by atoms with E-state index in [0.29, 0.717) is 47.9 Å². The van der Waals surface area contributed by atoms with Gasteiger partial charge in [0.2, 0.25) is 0 Å². The van der Waals surface area contributed by atoms with Crippen molar-refractivity contribution in [1.29, 1.82) is 0 Å². The van der Waals surface area contributed by atoms with Gasteiger partial charge < -0.3 is 9.47 Å². The Balaban J connectivity index is 1.69. The number of benzene rings is 3. The van der Waals surface area contributed by atoms with Gasteiger partial charge in [0.1, 0.15) is 12.4 Å². The standard InChI is InChI=1S/C28H27Br2N3O3/c1-4-7-26-32-24-11-10-21(29)15-22(24)28(34)33(26)31-16-20-13-23(30)27(25(14-20)35-5-2)36-17-19-9-6-8-18(3)12-19/h6,8-16H,4-5,7,17H2,1-3H3. The maximum Gasteiger partial charge on any atom is 0.282 e. The molecule has 0 aliphatic rings. The highest BCUT2D eigenvalue weighted by Crippen LogP contribution is 2.37. The Bertz CT molecular complexity index is 1480. The molecule has 4 aromatic rings. The largest absolute Gasteiger partial charge is 0.490 e. The molecular formula is C28H27Br2N3O3. The first-order chi connectivity index (χ1) is 17.4. The highest BCUT2D eigenvalue weighted by Gasteiger charge is 2.14. The minimum atomic E-state index is -0.205. The second-order valence-electron chi connectivity index (χ2n) is 8.34. The van der Waals surface area contributed by atoms with Crippen LogP contribution >= 0.6 is 31.9 Å². The Morgan fingerprint density at radius 1 is 1.06 bits per heavy atom. The highest BCUT2D eigenvalue weighted by atomic mass is 79.9. The average Bonchev–Trinajstić information content (AvgIpc) is 2.84. The molecule has 0 aliphatic heterocycles. The van der Waals surface area contributed by atoms with Crippen molar-refractivity contribution < 1.29 is 9.47 Å². The van der Waals surface area contributed by atoms with E-state index in [9.17, 15) is 4.79 Å². The van der Waals surface area contributed by atoms with Crippen LogP contribution in [0.2, 0.25) is 0 Å². The van der Waals surface area contributed by atoms with E-state index in [0.717, 1.165) is 26.5 Å². The van der Waals surface area contributed by atoms with Gasteiger partial charge in [-0.1, -0.05) is 52.7 Å². The van der Waals surface area contributed by atoms with Gasteiger partial charge in [-0.25, -0.2) is 4.98 Å². The molecule has 0 radical (unpaired) electrons. The number of nitrogens with zero attached hydrogens (tertiary/aromatic N) is 3. The van der Waals surface area contributed by atoms with Gasteiger partial charge in [0.15, 0.2) is 11.5 Å². The summed E-state index contributed by atoms with van der Waals surface area (Å²) in [6, 6.07) is 17.5. The lowest BCUT2D eigenvalue weighted by atomic mass is 10.1. The fourth-order valence-electron chi connectivity index (χ4n) is 3.85. The first-order valence-corrected chi connectivity index (χ1v) is 13.4. The molecule has 36 heavy (non-hydrogen) atoms. The Kier molecular flexibility index (Phi) is 8.59.